The van der Waals surface area contributed by atoms with E-state index in [0.717, 1.165) is 36.0 Å². The van der Waals surface area contributed by atoms with E-state index in [-0.39, 0.29) is 18.0 Å². The summed E-state index contributed by atoms with van der Waals surface area (Å²) in [6, 6.07) is 9.42. The third kappa shape index (κ3) is 4.52. The van der Waals surface area contributed by atoms with Crippen molar-refractivity contribution in [3.8, 4) is 0 Å². The molecule has 0 unspecified atom stereocenters. The van der Waals surface area contributed by atoms with Crippen molar-refractivity contribution in [3.63, 3.8) is 0 Å². The van der Waals surface area contributed by atoms with E-state index in [2.05, 4.69) is 9.88 Å². The van der Waals surface area contributed by atoms with Crippen LogP contribution in [0.15, 0.2) is 47.5 Å². The Hall–Kier alpha value is -2.77. The highest BCUT2D eigenvalue weighted by atomic mass is 35.5. The average Bonchev–Trinajstić information content (AvgIpc) is 3.18. The van der Waals surface area contributed by atoms with Crippen LogP contribution >= 0.6 is 11.6 Å². The highest BCUT2D eigenvalue weighted by Gasteiger charge is 2.26. The van der Waals surface area contributed by atoms with Gasteiger partial charge in [-0.1, -0.05) is 23.7 Å². The van der Waals surface area contributed by atoms with E-state index in [4.69, 9.17) is 21.8 Å². The summed E-state index contributed by atoms with van der Waals surface area (Å²) < 4.78 is 1.54. The van der Waals surface area contributed by atoms with Gasteiger partial charge in [-0.15, -0.1) is 0 Å². The minimum Gasteiger partial charge on any atom is -0.481 e. The van der Waals surface area contributed by atoms with E-state index < -0.39 is 5.97 Å². The minimum absolute atomic E-state index is 0.101. The fourth-order valence-electron chi connectivity index (χ4n) is 4.08. The average molecular weight is 427 g/mol. The number of hydrogen-bond acceptors (Lipinski definition) is 5. The SMILES string of the molecule is O=C(O)CCN1CCC[C@@H]1Cn1nc(Cc2ccc(Cl)cc2)c2cnccc2c1=O. The Morgan fingerprint density at radius 1 is 1.20 bits per heavy atom. The number of halogens is 1. The highest BCUT2D eigenvalue weighted by Crippen LogP contribution is 2.21. The zero-order valence-electron chi connectivity index (χ0n) is 16.5. The van der Waals surface area contributed by atoms with Gasteiger partial charge in [-0.25, -0.2) is 4.68 Å². The number of carboxylic acid groups (broad SMARTS) is 1. The first-order valence-corrected chi connectivity index (χ1v) is 10.4. The summed E-state index contributed by atoms with van der Waals surface area (Å²) in [5.41, 5.74) is 1.69. The topological polar surface area (TPSA) is 88.3 Å². The Labute approximate surface area is 178 Å². The molecule has 1 saturated heterocycles. The second-order valence-corrected chi connectivity index (χ2v) is 8.07. The molecular weight excluding hydrogens is 404 g/mol. The van der Waals surface area contributed by atoms with Gasteiger partial charge in [0.2, 0.25) is 0 Å². The van der Waals surface area contributed by atoms with Crippen molar-refractivity contribution in [1.29, 1.82) is 0 Å². The molecule has 156 valence electrons. The maximum Gasteiger partial charge on any atom is 0.304 e. The number of carboxylic acids is 1. The molecule has 0 saturated carbocycles. The summed E-state index contributed by atoms with van der Waals surface area (Å²) in [5, 5.41) is 15.7. The zero-order chi connectivity index (χ0) is 21.1. The molecule has 0 radical (unpaired) electrons. The highest BCUT2D eigenvalue weighted by molar-refractivity contribution is 6.30. The monoisotopic (exact) mass is 426 g/mol. The molecule has 1 aliphatic rings. The number of rotatable bonds is 7. The predicted molar refractivity (Wildman–Crippen MR) is 115 cm³/mol. The van der Waals surface area contributed by atoms with Gasteiger partial charge < -0.3 is 5.11 Å². The fourth-order valence-corrected chi connectivity index (χ4v) is 4.21. The van der Waals surface area contributed by atoms with Crippen molar-refractivity contribution in [3.05, 3.63) is 69.4 Å². The molecule has 7 nitrogen and oxygen atoms in total. The molecule has 1 aromatic carbocycles. The number of hydrogen-bond donors (Lipinski definition) is 1. The normalized spacial score (nSPS) is 16.9. The molecule has 4 rings (SSSR count). The smallest absolute Gasteiger partial charge is 0.304 e. The number of likely N-dealkylation sites (tertiary alicyclic amines) is 1. The number of aliphatic carboxylic acids is 1. The Morgan fingerprint density at radius 2 is 2.00 bits per heavy atom. The van der Waals surface area contributed by atoms with Gasteiger partial charge in [0.15, 0.2) is 0 Å². The molecule has 1 N–H and O–H groups in total. The standard InChI is InChI=1S/C22H23ClN4O3/c23-16-5-3-15(4-6-16)12-20-19-13-24-9-7-18(19)22(30)27(25-20)14-17-2-1-10-26(17)11-8-21(28)29/h3-7,9,13,17H,1-2,8,10-12,14H2,(H,28,29)/t17-/m1/s1. The molecule has 3 aromatic rings. The summed E-state index contributed by atoms with van der Waals surface area (Å²) in [4.78, 5) is 30.4. The number of nitrogens with zero attached hydrogens (tertiary/aromatic N) is 4. The van der Waals surface area contributed by atoms with Gasteiger partial charge in [0.1, 0.15) is 0 Å². The third-order valence-electron chi connectivity index (χ3n) is 5.62. The lowest BCUT2D eigenvalue weighted by atomic mass is 10.1. The van der Waals surface area contributed by atoms with E-state index >= 15 is 0 Å². The number of pyridine rings is 1. The van der Waals surface area contributed by atoms with Crippen LogP contribution < -0.4 is 5.56 Å². The molecule has 1 atom stereocenters. The van der Waals surface area contributed by atoms with E-state index in [1.54, 1.807) is 18.5 Å². The molecule has 1 aliphatic heterocycles. The maximum atomic E-state index is 13.1. The minimum atomic E-state index is -0.806. The number of fused-ring (bicyclic) bond motifs is 1. The molecule has 0 aliphatic carbocycles. The van der Waals surface area contributed by atoms with Gasteiger partial charge in [-0.2, -0.15) is 5.10 Å². The van der Waals surface area contributed by atoms with Crippen molar-refractivity contribution in [2.24, 2.45) is 0 Å². The summed E-state index contributed by atoms with van der Waals surface area (Å²) in [6.07, 6.45) is 5.89. The molecule has 3 heterocycles. The maximum absolute atomic E-state index is 13.1. The van der Waals surface area contributed by atoms with Crippen molar-refractivity contribution < 1.29 is 9.90 Å². The fraction of sp³-hybridized carbons (Fsp3) is 0.364. The summed E-state index contributed by atoms with van der Waals surface area (Å²) in [5.74, 6) is -0.806. The first kappa shape index (κ1) is 20.5. The number of carbonyl (C=O) groups is 1. The summed E-state index contributed by atoms with van der Waals surface area (Å²) >= 11 is 6.00. The van der Waals surface area contributed by atoms with E-state index in [1.807, 2.05) is 24.3 Å². The van der Waals surface area contributed by atoms with Crippen molar-refractivity contribution >= 4 is 28.3 Å². The van der Waals surface area contributed by atoms with Crippen LogP contribution in [0.5, 0.6) is 0 Å². The van der Waals surface area contributed by atoms with Gasteiger partial charge in [0, 0.05) is 41.8 Å². The van der Waals surface area contributed by atoms with Crippen molar-refractivity contribution in [1.82, 2.24) is 19.7 Å². The summed E-state index contributed by atoms with van der Waals surface area (Å²) in [6.45, 7) is 1.79. The molecule has 0 spiro atoms. The Morgan fingerprint density at radius 3 is 2.77 bits per heavy atom. The van der Waals surface area contributed by atoms with Crippen molar-refractivity contribution in [2.75, 3.05) is 13.1 Å². The second kappa shape index (κ2) is 8.93. The van der Waals surface area contributed by atoms with Crippen LogP contribution in [0.3, 0.4) is 0 Å². The predicted octanol–water partition coefficient (Wildman–Crippen LogP) is 2.97. The molecule has 2 aromatic heterocycles. The summed E-state index contributed by atoms with van der Waals surface area (Å²) in [7, 11) is 0. The molecular formula is C22H23ClN4O3. The van der Waals surface area contributed by atoms with Gasteiger partial charge in [-0.05, 0) is 43.1 Å². The molecule has 0 amide bonds. The zero-order valence-corrected chi connectivity index (χ0v) is 17.3. The van der Waals surface area contributed by atoms with Crippen LogP contribution in [0.4, 0.5) is 0 Å². The van der Waals surface area contributed by atoms with E-state index in [1.165, 1.54) is 4.68 Å². The Balaban J connectivity index is 1.66. The second-order valence-electron chi connectivity index (χ2n) is 7.63. The molecule has 8 heteroatoms. The molecule has 0 bridgehead atoms. The van der Waals surface area contributed by atoms with Crippen LogP contribution in [-0.2, 0) is 17.8 Å². The first-order valence-electron chi connectivity index (χ1n) is 10.1. The van der Waals surface area contributed by atoms with E-state index in [0.29, 0.717) is 29.9 Å². The van der Waals surface area contributed by atoms with Crippen LogP contribution in [0.2, 0.25) is 5.02 Å². The molecule has 1 fully saturated rings. The van der Waals surface area contributed by atoms with Gasteiger partial charge in [0.05, 0.1) is 24.0 Å². The number of benzene rings is 1. The first-order chi connectivity index (χ1) is 14.5. The van der Waals surface area contributed by atoms with Gasteiger partial charge in [-0.3, -0.25) is 19.5 Å². The van der Waals surface area contributed by atoms with Gasteiger partial charge in [0.25, 0.3) is 5.56 Å². The Kier molecular flexibility index (Phi) is 6.11. The quantitative estimate of drug-likeness (QED) is 0.624. The number of aromatic nitrogens is 3. The van der Waals surface area contributed by atoms with Crippen LogP contribution in [0.1, 0.15) is 30.5 Å². The van der Waals surface area contributed by atoms with Crippen LogP contribution in [0.25, 0.3) is 10.8 Å². The lowest BCUT2D eigenvalue weighted by Gasteiger charge is -2.24. The molecule has 30 heavy (non-hydrogen) atoms. The lowest BCUT2D eigenvalue weighted by Crippen LogP contribution is -2.38. The lowest BCUT2D eigenvalue weighted by molar-refractivity contribution is -0.137. The van der Waals surface area contributed by atoms with Crippen LogP contribution in [-0.4, -0.2) is 49.9 Å². The third-order valence-corrected chi connectivity index (χ3v) is 5.87. The van der Waals surface area contributed by atoms with Crippen molar-refractivity contribution in [2.45, 2.75) is 38.3 Å². The Bertz CT molecular complexity index is 1110. The van der Waals surface area contributed by atoms with Gasteiger partial charge >= 0.3 is 5.97 Å². The van der Waals surface area contributed by atoms with Crippen LogP contribution in [0, 0.1) is 0 Å². The largest absolute Gasteiger partial charge is 0.481 e. The van der Waals surface area contributed by atoms with E-state index in [9.17, 15) is 9.59 Å².